The molecule has 56 valence electrons. The molecule has 0 amide bonds. The topological polar surface area (TPSA) is 57.5 Å². The lowest BCUT2D eigenvalue weighted by molar-refractivity contribution is -0.109. The number of rotatable bonds is 2. The summed E-state index contributed by atoms with van der Waals surface area (Å²) >= 11 is 0. The summed E-state index contributed by atoms with van der Waals surface area (Å²) in [6.45, 7) is 0. The first kappa shape index (κ1) is 8.02. The van der Waals surface area contributed by atoms with E-state index in [0.717, 1.165) is 0 Å². The smallest absolute Gasteiger partial charge is 0.423 e. The van der Waals surface area contributed by atoms with Gasteiger partial charge in [-0.1, -0.05) is 6.08 Å². The second kappa shape index (κ2) is 3.35. The van der Waals surface area contributed by atoms with E-state index in [1.54, 1.807) is 0 Å². The average Bonchev–Trinajstić information content (AvgIpc) is 2.04. The van der Waals surface area contributed by atoms with Gasteiger partial charge in [0.2, 0.25) is 0 Å². The highest BCUT2D eigenvalue weighted by atomic mass is 16.4. The summed E-state index contributed by atoms with van der Waals surface area (Å²) in [6, 6.07) is 0. The van der Waals surface area contributed by atoms with Gasteiger partial charge in [0.05, 0.1) is 5.92 Å². The zero-order chi connectivity index (χ0) is 8.27. The number of allylic oxidation sites excluding steroid dienone is 3. The van der Waals surface area contributed by atoms with Gasteiger partial charge in [0.25, 0.3) is 0 Å². The Morgan fingerprint density at radius 1 is 1.64 bits per heavy atom. The van der Waals surface area contributed by atoms with Gasteiger partial charge >= 0.3 is 7.12 Å². The molecule has 1 aliphatic carbocycles. The maximum atomic E-state index is 10.3. The molecule has 1 aliphatic rings. The first-order valence-corrected chi connectivity index (χ1v) is 3.20. The molecule has 1 unspecified atom stereocenters. The average molecular weight is 150 g/mol. The van der Waals surface area contributed by atoms with Crippen molar-refractivity contribution in [1.29, 1.82) is 0 Å². The van der Waals surface area contributed by atoms with Crippen LogP contribution in [0.3, 0.4) is 0 Å². The minimum Gasteiger partial charge on any atom is -0.423 e. The lowest BCUT2D eigenvalue weighted by atomic mass is 9.71. The van der Waals surface area contributed by atoms with Crippen LogP contribution in [0, 0.1) is 5.92 Å². The molecule has 0 spiro atoms. The van der Waals surface area contributed by atoms with Crippen LogP contribution >= 0.6 is 0 Å². The fourth-order valence-electron chi connectivity index (χ4n) is 0.887. The third kappa shape index (κ3) is 1.68. The van der Waals surface area contributed by atoms with Crippen LogP contribution < -0.4 is 0 Å². The molecule has 0 aromatic heterocycles. The molecule has 0 aromatic carbocycles. The number of aldehydes is 1. The van der Waals surface area contributed by atoms with E-state index >= 15 is 0 Å². The number of carbonyl (C=O) groups is 1. The van der Waals surface area contributed by atoms with Gasteiger partial charge in [-0.15, -0.1) is 5.73 Å². The van der Waals surface area contributed by atoms with E-state index in [0.29, 0.717) is 11.8 Å². The highest BCUT2D eigenvalue weighted by molar-refractivity contribution is 6.51. The summed E-state index contributed by atoms with van der Waals surface area (Å²) < 4.78 is 0. The van der Waals surface area contributed by atoms with E-state index in [4.69, 9.17) is 10.0 Å². The van der Waals surface area contributed by atoms with E-state index in [1.165, 1.54) is 18.2 Å². The molecule has 2 N–H and O–H groups in total. The van der Waals surface area contributed by atoms with Crippen LogP contribution in [-0.2, 0) is 4.79 Å². The van der Waals surface area contributed by atoms with Crippen molar-refractivity contribution in [2.45, 2.75) is 0 Å². The van der Waals surface area contributed by atoms with Gasteiger partial charge in [-0.25, -0.2) is 0 Å². The molecule has 3 nitrogen and oxygen atoms in total. The van der Waals surface area contributed by atoms with Crippen LogP contribution in [0.2, 0.25) is 0 Å². The minimum absolute atomic E-state index is 0.291. The van der Waals surface area contributed by atoms with Crippen molar-refractivity contribution in [2.24, 2.45) is 5.92 Å². The van der Waals surface area contributed by atoms with Gasteiger partial charge in [0.1, 0.15) is 6.29 Å². The SMILES string of the molecule is O=CC1C=C=CC=C1B(O)O. The van der Waals surface area contributed by atoms with Gasteiger partial charge < -0.3 is 14.8 Å². The predicted molar refractivity (Wildman–Crippen MR) is 40.5 cm³/mol. The zero-order valence-corrected chi connectivity index (χ0v) is 5.77. The Morgan fingerprint density at radius 3 is 2.82 bits per heavy atom. The summed E-state index contributed by atoms with van der Waals surface area (Å²) in [7, 11) is -1.56. The molecular weight excluding hydrogens is 143 g/mol. The molecule has 0 heterocycles. The molecule has 0 aromatic rings. The van der Waals surface area contributed by atoms with E-state index in [1.807, 2.05) is 0 Å². The molecule has 0 bridgehead atoms. The quantitative estimate of drug-likeness (QED) is 0.316. The van der Waals surface area contributed by atoms with Crippen LogP contribution in [-0.4, -0.2) is 23.5 Å². The van der Waals surface area contributed by atoms with E-state index in [-0.39, 0.29) is 0 Å². The Hall–Kier alpha value is -1.09. The molecule has 11 heavy (non-hydrogen) atoms. The second-order valence-electron chi connectivity index (χ2n) is 2.20. The molecular formula is C7H7BO3. The fraction of sp³-hybridized carbons (Fsp3) is 0.143. The number of carbonyl (C=O) groups excluding carboxylic acids is 1. The molecule has 0 radical (unpaired) electrons. The van der Waals surface area contributed by atoms with Crippen LogP contribution in [0.4, 0.5) is 0 Å². The minimum atomic E-state index is -1.56. The maximum Gasteiger partial charge on any atom is 0.485 e. The maximum absolute atomic E-state index is 10.3. The molecule has 0 saturated heterocycles. The van der Waals surface area contributed by atoms with Crippen LogP contribution in [0.15, 0.2) is 29.4 Å². The Morgan fingerprint density at radius 2 is 2.36 bits per heavy atom. The molecule has 1 rings (SSSR count). The Bertz CT molecular complexity index is 248. The first-order chi connectivity index (χ1) is 5.25. The number of hydrogen-bond acceptors (Lipinski definition) is 3. The summed E-state index contributed by atoms with van der Waals surface area (Å²) in [5.74, 6) is -0.542. The van der Waals surface area contributed by atoms with Crippen molar-refractivity contribution in [3.63, 3.8) is 0 Å². The van der Waals surface area contributed by atoms with Gasteiger partial charge in [-0.05, 0) is 17.6 Å². The van der Waals surface area contributed by atoms with E-state index in [2.05, 4.69) is 5.73 Å². The second-order valence-corrected chi connectivity index (χ2v) is 2.20. The van der Waals surface area contributed by atoms with Gasteiger partial charge in [-0.2, -0.15) is 0 Å². The Balaban J connectivity index is 2.88. The molecule has 0 aliphatic heterocycles. The van der Waals surface area contributed by atoms with E-state index in [9.17, 15) is 4.79 Å². The lowest BCUT2D eigenvalue weighted by Gasteiger charge is -2.09. The van der Waals surface area contributed by atoms with Crippen molar-refractivity contribution >= 4 is 13.4 Å². The van der Waals surface area contributed by atoms with Gasteiger partial charge in [0, 0.05) is 0 Å². The van der Waals surface area contributed by atoms with Crippen LogP contribution in [0.25, 0.3) is 0 Å². The first-order valence-electron chi connectivity index (χ1n) is 3.20. The summed E-state index contributed by atoms with van der Waals surface area (Å²) in [5.41, 5.74) is 2.98. The third-order valence-electron chi connectivity index (χ3n) is 1.48. The zero-order valence-electron chi connectivity index (χ0n) is 5.77. The van der Waals surface area contributed by atoms with Crippen molar-refractivity contribution in [2.75, 3.05) is 0 Å². The summed E-state index contributed by atoms with van der Waals surface area (Å²) in [6.07, 6.45) is 5.14. The summed E-state index contributed by atoms with van der Waals surface area (Å²) in [4.78, 5) is 10.3. The number of hydrogen-bond donors (Lipinski definition) is 2. The van der Waals surface area contributed by atoms with Crippen molar-refractivity contribution in [1.82, 2.24) is 0 Å². The Labute approximate surface area is 64.5 Å². The standard InChI is InChI=1S/C7H7BO3/c9-5-6-3-1-2-4-7(6)8(10)11/h2-6,10-11H. The summed E-state index contributed by atoms with van der Waals surface area (Å²) in [5, 5.41) is 17.5. The van der Waals surface area contributed by atoms with Crippen molar-refractivity contribution in [3.05, 3.63) is 29.4 Å². The van der Waals surface area contributed by atoms with E-state index < -0.39 is 13.0 Å². The molecule has 1 atom stereocenters. The third-order valence-corrected chi connectivity index (χ3v) is 1.48. The van der Waals surface area contributed by atoms with Crippen LogP contribution in [0.5, 0.6) is 0 Å². The normalized spacial score (nSPS) is 21.3. The Kier molecular flexibility index (Phi) is 2.44. The molecule has 4 heteroatoms. The van der Waals surface area contributed by atoms with Crippen molar-refractivity contribution in [3.8, 4) is 0 Å². The predicted octanol–water partition coefficient (Wildman–Crippen LogP) is -0.535. The molecule has 0 fully saturated rings. The highest BCUT2D eigenvalue weighted by Gasteiger charge is 2.22. The monoisotopic (exact) mass is 150 g/mol. The fourth-order valence-corrected chi connectivity index (χ4v) is 0.887. The highest BCUT2D eigenvalue weighted by Crippen LogP contribution is 2.13. The van der Waals surface area contributed by atoms with Gasteiger partial charge in [0.15, 0.2) is 0 Å². The lowest BCUT2D eigenvalue weighted by Crippen LogP contribution is -2.22. The largest absolute Gasteiger partial charge is 0.485 e. The van der Waals surface area contributed by atoms with Crippen LogP contribution in [0.1, 0.15) is 0 Å². The van der Waals surface area contributed by atoms with Crippen molar-refractivity contribution < 1.29 is 14.8 Å². The van der Waals surface area contributed by atoms with Gasteiger partial charge in [-0.3, -0.25) is 0 Å². The molecule has 0 saturated carbocycles.